The van der Waals surface area contributed by atoms with Gasteiger partial charge in [0.2, 0.25) is 5.91 Å². The fourth-order valence-corrected chi connectivity index (χ4v) is 2.04. The monoisotopic (exact) mass is 272 g/mol. The maximum absolute atomic E-state index is 11.4. The summed E-state index contributed by atoms with van der Waals surface area (Å²) in [6.45, 7) is 7.45. The standard InChI is InChI=1S/C14H28N2O3/c1-14(2,3)11(6-7-13(18)19)8-10-16-12(17)5-4-9-15/h11H,4-10,15H2,1-3H3,(H,16,17)(H,18,19). The van der Waals surface area contributed by atoms with E-state index < -0.39 is 5.97 Å². The second-order valence-electron chi connectivity index (χ2n) is 6.03. The SMILES string of the molecule is CC(C)(C)C(CCNC(=O)CCCN)CCC(=O)O. The van der Waals surface area contributed by atoms with Gasteiger partial charge in [-0.2, -0.15) is 0 Å². The molecule has 5 heteroatoms. The van der Waals surface area contributed by atoms with Crippen molar-refractivity contribution in [1.29, 1.82) is 0 Å². The molecule has 0 rings (SSSR count). The second kappa shape index (κ2) is 8.91. The summed E-state index contributed by atoms with van der Waals surface area (Å²) in [5.74, 6) is -0.448. The molecule has 0 aromatic carbocycles. The van der Waals surface area contributed by atoms with E-state index in [9.17, 15) is 9.59 Å². The van der Waals surface area contributed by atoms with E-state index in [0.717, 1.165) is 6.42 Å². The summed E-state index contributed by atoms with van der Waals surface area (Å²) in [6, 6.07) is 0. The van der Waals surface area contributed by atoms with Gasteiger partial charge in [-0.25, -0.2) is 0 Å². The average molecular weight is 272 g/mol. The zero-order valence-electron chi connectivity index (χ0n) is 12.4. The zero-order valence-corrected chi connectivity index (χ0v) is 12.4. The molecule has 112 valence electrons. The van der Waals surface area contributed by atoms with Crippen LogP contribution in [0.3, 0.4) is 0 Å². The van der Waals surface area contributed by atoms with E-state index in [1.165, 1.54) is 0 Å². The number of hydrogen-bond donors (Lipinski definition) is 3. The van der Waals surface area contributed by atoms with E-state index in [0.29, 0.717) is 38.3 Å². The number of carboxylic acid groups (broad SMARTS) is 1. The molecular weight excluding hydrogens is 244 g/mol. The Hall–Kier alpha value is -1.10. The van der Waals surface area contributed by atoms with Crippen LogP contribution in [0.1, 0.15) is 52.9 Å². The number of nitrogens with two attached hydrogens (primary N) is 1. The summed E-state index contributed by atoms with van der Waals surface area (Å²) in [5, 5.41) is 11.6. The first-order chi connectivity index (χ1) is 8.77. The van der Waals surface area contributed by atoms with Gasteiger partial charge in [-0.05, 0) is 37.1 Å². The van der Waals surface area contributed by atoms with E-state index >= 15 is 0 Å². The predicted octanol–water partition coefficient (Wildman–Crippen LogP) is 1.76. The highest BCUT2D eigenvalue weighted by Crippen LogP contribution is 2.32. The van der Waals surface area contributed by atoms with Crippen molar-refractivity contribution >= 4 is 11.9 Å². The van der Waals surface area contributed by atoms with E-state index in [-0.39, 0.29) is 17.7 Å². The highest BCUT2D eigenvalue weighted by molar-refractivity contribution is 5.75. The van der Waals surface area contributed by atoms with Crippen LogP contribution in [0.15, 0.2) is 0 Å². The molecule has 0 aromatic rings. The predicted molar refractivity (Wildman–Crippen MR) is 75.7 cm³/mol. The number of carbonyl (C=O) groups is 2. The van der Waals surface area contributed by atoms with E-state index in [4.69, 9.17) is 10.8 Å². The third-order valence-electron chi connectivity index (χ3n) is 3.35. The van der Waals surface area contributed by atoms with Crippen LogP contribution in [0.2, 0.25) is 0 Å². The van der Waals surface area contributed by atoms with Gasteiger partial charge >= 0.3 is 5.97 Å². The molecule has 5 nitrogen and oxygen atoms in total. The molecule has 0 heterocycles. The summed E-state index contributed by atoms with van der Waals surface area (Å²) >= 11 is 0. The Bertz CT molecular complexity index is 285. The van der Waals surface area contributed by atoms with Gasteiger partial charge in [0.05, 0.1) is 0 Å². The molecule has 0 radical (unpaired) electrons. The third-order valence-corrected chi connectivity index (χ3v) is 3.35. The smallest absolute Gasteiger partial charge is 0.303 e. The van der Waals surface area contributed by atoms with Crippen LogP contribution in [0, 0.1) is 11.3 Å². The van der Waals surface area contributed by atoms with Gasteiger partial charge in [0.15, 0.2) is 0 Å². The summed E-state index contributed by atoms with van der Waals surface area (Å²) in [6.07, 6.45) is 2.81. The van der Waals surface area contributed by atoms with Gasteiger partial charge < -0.3 is 16.2 Å². The Morgan fingerprint density at radius 2 is 1.84 bits per heavy atom. The fraction of sp³-hybridized carbons (Fsp3) is 0.857. The molecule has 0 spiro atoms. The van der Waals surface area contributed by atoms with Crippen LogP contribution in [0.5, 0.6) is 0 Å². The van der Waals surface area contributed by atoms with Gasteiger partial charge in [-0.3, -0.25) is 9.59 Å². The van der Waals surface area contributed by atoms with Crippen LogP contribution in [0.25, 0.3) is 0 Å². The first kappa shape index (κ1) is 17.9. The molecule has 1 unspecified atom stereocenters. The number of amides is 1. The molecule has 0 bridgehead atoms. The molecule has 0 fully saturated rings. The highest BCUT2D eigenvalue weighted by atomic mass is 16.4. The molecule has 0 saturated carbocycles. The zero-order chi connectivity index (χ0) is 14.9. The van der Waals surface area contributed by atoms with Crippen molar-refractivity contribution in [3.63, 3.8) is 0 Å². The minimum atomic E-state index is -0.763. The molecule has 0 saturated heterocycles. The molecule has 0 aliphatic carbocycles. The minimum absolute atomic E-state index is 0.0244. The van der Waals surface area contributed by atoms with Gasteiger partial charge in [0.25, 0.3) is 0 Å². The number of nitrogens with one attached hydrogen (secondary N) is 1. The lowest BCUT2D eigenvalue weighted by Gasteiger charge is -2.30. The molecule has 4 N–H and O–H groups in total. The lowest BCUT2D eigenvalue weighted by atomic mass is 9.76. The van der Waals surface area contributed by atoms with Crippen LogP contribution in [-0.4, -0.2) is 30.1 Å². The Morgan fingerprint density at radius 1 is 1.21 bits per heavy atom. The molecule has 0 aliphatic heterocycles. The van der Waals surface area contributed by atoms with Gasteiger partial charge in [-0.15, -0.1) is 0 Å². The van der Waals surface area contributed by atoms with Crippen LogP contribution in [0.4, 0.5) is 0 Å². The molecule has 1 atom stereocenters. The van der Waals surface area contributed by atoms with Crippen LogP contribution in [-0.2, 0) is 9.59 Å². The van der Waals surface area contributed by atoms with Crippen LogP contribution >= 0.6 is 0 Å². The lowest BCUT2D eigenvalue weighted by molar-refractivity contribution is -0.137. The van der Waals surface area contributed by atoms with E-state index in [1.807, 2.05) is 0 Å². The topological polar surface area (TPSA) is 92.4 Å². The number of aliphatic carboxylic acids is 1. The van der Waals surface area contributed by atoms with Crippen LogP contribution < -0.4 is 11.1 Å². The van der Waals surface area contributed by atoms with Crippen molar-refractivity contribution in [2.45, 2.75) is 52.9 Å². The average Bonchev–Trinajstić information content (AvgIpc) is 2.28. The molecule has 0 aromatic heterocycles. The molecule has 19 heavy (non-hydrogen) atoms. The van der Waals surface area contributed by atoms with Crippen molar-refractivity contribution < 1.29 is 14.7 Å². The molecule has 0 aliphatic rings. The van der Waals surface area contributed by atoms with E-state index in [1.54, 1.807) is 0 Å². The number of carbonyl (C=O) groups excluding carboxylic acids is 1. The largest absolute Gasteiger partial charge is 0.481 e. The molecular formula is C14H28N2O3. The Balaban J connectivity index is 4.06. The van der Waals surface area contributed by atoms with Crippen molar-refractivity contribution in [2.75, 3.05) is 13.1 Å². The maximum Gasteiger partial charge on any atom is 0.303 e. The summed E-state index contributed by atoms with van der Waals surface area (Å²) in [5.41, 5.74) is 5.40. The first-order valence-electron chi connectivity index (χ1n) is 6.96. The van der Waals surface area contributed by atoms with Crippen molar-refractivity contribution in [3.8, 4) is 0 Å². The lowest BCUT2D eigenvalue weighted by Crippen LogP contribution is -2.30. The first-order valence-corrected chi connectivity index (χ1v) is 6.96. The Morgan fingerprint density at radius 3 is 2.32 bits per heavy atom. The fourth-order valence-electron chi connectivity index (χ4n) is 2.04. The van der Waals surface area contributed by atoms with Gasteiger partial charge in [0.1, 0.15) is 0 Å². The van der Waals surface area contributed by atoms with Gasteiger partial charge in [0, 0.05) is 19.4 Å². The summed E-state index contributed by atoms with van der Waals surface area (Å²) in [7, 11) is 0. The summed E-state index contributed by atoms with van der Waals surface area (Å²) < 4.78 is 0. The number of hydrogen-bond acceptors (Lipinski definition) is 3. The maximum atomic E-state index is 11.4. The Kier molecular flexibility index (Phi) is 8.39. The van der Waals surface area contributed by atoms with E-state index in [2.05, 4.69) is 26.1 Å². The normalized spacial score (nSPS) is 13.1. The third kappa shape index (κ3) is 9.47. The highest BCUT2D eigenvalue weighted by Gasteiger charge is 2.24. The second-order valence-corrected chi connectivity index (χ2v) is 6.03. The molecule has 1 amide bonds. The van der Waals surface area contributed by atoms with Crippen molar-refractivity contribution in [1.82, 2.24) is 5.32 Å². The van der Waals surface area contributed by atoms with Gasteiger partial charge in [-0.1, -0.05) is 20.8 Å². The Labute approximate surface area is 115 Å². The number of carboxylic acids is 1. The number of rotatable bonds is 9. The van der Waals surface area contributed by atoms with Crippen molar-refractivity contribution in [3.05, 3.63) is 0 Å². The van der Waals surface area contributed by atoms with Crippen molar-refractivity contribution in [2.24, 2.45) is 17.1 Å². The summed E-state index contributed by atoms with van der Waals surface area (Å²) in [4.78, 5) is 22.1. The minimum Gasteiger partial charge on any atom is -0.481 e. The quantitative estimate of drug-likeness (QED) is 0.596.